The van der Waals surface area contributed by atoms with Crippen molar-refractivity contribution in [2.45, 2.75) is 12.0 Å². The summed E-state index contributed by atoms with van der Waals surface area (Å²) in [5.41, 5.74) is 14.2. The van der Waals surface area contributed by atoms with E-state index in [9.17, 15) is 0 Å². The summed E-state index contributed by atoms with van der Waals surface area (Å²) in [4.78, 5) is 10.8. The second-order valence-electron chi connectivity index (χ2n) is 17.9. The van der Waals surface area contributed by atoms with Gasteiger partial charge in [-0.1, -0.05) is 146 Å². The zero-order valence-corrected chi connectivity index (χ0v) is 34.7. The molecule has 296 valence electrons. The molecule has 2 atom stereocenters. The van der Waals surface area contributed by atoms with Crippen LogP contribution in [0.3, 0.4) is 0 Å². The minimum absolute atomic E-state index is 0.0897. The van der Waals surface area contributed by atoms with Gasteiger partial charge in [0, 0.05) is 39.4 Å². The summed E-state index contributed by atoms with van der Waals surface area (Å²) in [6, 6.07) is 74.5. The number of anilines is 4. The third-order valence-corrected chi connectivity index (χ3v) is 14.5. The predicted octanol–water partition coefficient (Wildman–Crippen LogP) is 15.9. The standard InChI is InChI=1S/C61H37N3/c1-2-14-46(15-3-1)64-53-18-6-4-16-48(53)49-28-29-55-60(61(49)64)50-17-5-7-19-54(50)63(55)47-34-51(44-30-40-24-20-36-10-8-11-37-21-25-41(31-44)58(40)56(36)37)62-52(35-47)45-32-42-26-22-38-12-9-13-39-23-27-43(33-45)59(42)57(38)39/h1-35,60-61H. The monoisotopic (exact) mass is 811 g/mol. The summed E-state index contributed by atoms with van der Waals surface area (Å²) in [7, 11) is 0. The minimum Gasteiger partial charge on any atom is -0.332 e. The van der Waals surface area contributed by atoms with Gasteiger partial charge in [-0.15, -0.1) is 0 Å². The third-order valence-electron chi connectivity index (χ3n) is 14.5. The highest BCUT2D eigenvalue weighted by Gasteiger charge is 2.48. The van der Waals surface area contributed by atoms with E-state index in [1.54, 1.807) is 0 Å². The first-order valence-corrected chi connectivity index (χ1v) is 22.3. The fraction of sp³-hybridized carbons (Fsp3) is 0.0328. The van der Waals surface area contributed by atoms with Crippen LogP contribution >= 0.6 is 0 Å². The van der Waals surface area contributed by atoms with Crippen LogP contribution in [0.25, 0.3) is 92.7 Å². The number of hydrogen-bond donors (Lipinski definition) is 0. The van der Waals surface area contributed by atoms with Crippen LogP contribution in [0.15, 0.2) is 218 Å². The Hall–Kier alpha value is -8.27. The van der Waals surface area contributed by atoms with Gasteiger partial charge >= 0.3 is 0 Å². The van der Waals surface area contributed by atoms with E-state index in [1.807, 2.05) is 0 Å². The number of rotatable bonds is 4. The van der Waals surface area contributed by atoms with E-state index in [-0.39, 0.29) is 12.0 Å². The molecule has 1 aromatic heterocycles. The predicted molar refractivity (Wildman–Crippen MR) is 269 cm³/mol. The highest BCUT2D eigenvalue weighted by Crippen LogP contribution is 2.59. The lowest BCUT2D eigenvalue weighted by Crippen LogP contribution is -2.35. The molecule has 0 amide bonds. The van der Waals surface area contributed by atoms with Gasteiger partial charge in [0.1, 0.15) is 0 Å². The maximum absolute atomic E-state index is 5.64. The molecule has 3 aliphatic rings. The second kappa shape index (κ2) is 12.7. The lowest BCUT2D eigenvalue weighted by atomic mass is 9.82. The van der Waals surface area contributed by atoms with Crippen molar-refractivity contribution >= 4 is 93.0 Å². The number of para-hydroxylation sites is 3. The van der Waals surface area contributed by atoms with E-state index < -0.39 is 0 Å². The maximum Gasteiger partial charge on any atom is 0.0730 e. The van der Waals surface area contributed by atoms with E-state index in [0.29, 0.717) is 0 Å². The van der Waals surface area contributed by atoms with Crippen molar-refractivity contribution < 1.29 is 0 Å². The molecule has 64 heavy (non-hydrogen) atoms. The van der Waals surface area contributed by atoms with Gasteiger partial charge in [-0.3, -0.25) is 0 Å². The molecule has 2 aliphatic heterocycles. The summed E-state index contributed by atoms with van der Waals surface area (Å²) < 4.78 is 0. The van der Waals surface area contributed by atoms with Gasteiger partial charge in [0.05, 0.1) is 29.0 Å². The van der Waals surface area contributed by atoms with E-state index in [1.165, 1.54) is 104 Å². The van der Waals surface area contributed by atoms with Crippen molar-refractivity contribution in [3.63, 3.8) is 0 Å². The van der Waals surface area contributed by atoms with Crippen LogP contribution < -0.4 is 9.80 Å². The number of fused-ring (bicyclic) bond motifs is 7. The van der Waals surface area contributed by atoms with Gasteiger partial charge in [-0.05, 0) is 143 Å². The Morgan fingerprint density at radius 2 is 0.859 bits per heavy atom. The third kappa shape index (κ3) is 4.68. The fourth-order valence-corrected chi connectivity index (χ4v) is 11.9. The van der Waals surface area contributed by atoms with Gasteiger partial charge < -0.3 is 9.80 Å². The zero-order valence-electron chi connectivity index (χ0n) is 34.7. The number of aromatic nitrogens is 1. The number of nitrogens with zero attached hydrogens (tertiary/aromatic N) is 3. The van der Waals surface area contributed by atoms with Crippen LogP contribution in [0.1, 0.15) is 17.0 Å². The molecule has 3 nitrogen and oxygen atoms in total. The molecule has 0 N–H and O–H groups in total. The Labute approximate surface area is 369 Å². The van der Waals surface area contributed by atoms with Crippen LogP contribution in [0.2, 0.25) is 0 Å². The van der Waals surface area contributed by atoms with Crippen molar-refractivity contribution in [1.29, 1.82) is 0 Å². The zero-order chi connectivity index (χ0) is 41.6. The Kier molecular flexibility index (Phi) is 6.79. The molecule has 0 spiro atoms. The molecule has 0 saturated heterocycles. The molecular formula is C61H37N3. The molecule has 0 saturated carbocycles. The Bertz CT molecular complexity index is 3700. The molecular weight excluding hydrogens is 775 g/mol. The maximum atomic E-state index is 5.64. The van der Waals surface area contributed by atoms with E-state index in [2.05, 4.69) is 222 Å². The first kappa shape index (κ1) is 34.3. The Morgan fingerprint density at radius 1 is 0.375 bits per heavy atom. The molecule has 3 heterocycles. The van der Waals surface area contributed by atoms with Crippen LogP contribution in [-0.4, -0.2) is 11.0 Å². The number of allylic oxidation sites excluding steroid dienone is 2. The first-order valence-electron chi connectivity index (χ1n) is 22.3. The largest absolute Gasteiger partial charge is 0.332 e. The lowest BCUT2D eigenvalue weighted by Gasteiger charge is -2.36. The second-order valence-corrected chi connectivity index (χ2v) is 17.9. The van der Waals surface area contributed by atoms with Gasteiger partial charge in [0.15, 0.2) is 0 Å². The van der Waals surface area contributed by atoms with Crippen LogP contribution in [0, 0.1) is 0 Å². The Morgan fingerprint density at radius 3 is 1.44 bits per heavy atom. The van der Waals surface area contributed by atoms with Gasteiger partial charge in [-0.2, -0.15) is 0 Å². The number of pyridine rings is 1. The molecule has 11 aromatic carbocycles. The van der Waals surface area contributed by atoms with Crippen LogP contribution in [0.4, 0.5) is 22.7 Å². The topological polar surface area (TPSA) is 19.4 Å². The van der Waals surface area contributed by atoms with Gasteiger partial charge in [-0.25, -0.2) is 4.98 Å². The molecule has 0 radical (unpaired) electrons. The van der Waals surface area contributed by atoms with E-state index >= 15 is 0 Å². The molecule has 12 aromatic rings. The van der Waals surface area contributed by atoms with Crippen molar-refractivity contribution in [2.75, 3.05) is 9.80 Å². The van der Waals surface area contributed by atoms with Crippen LogP contribution in [-0.2, 0) is 0 Å². The van der Waals surface area contributed by atoms with Crippen LogP contribution in [0.5, 0.6) is 0 Å². The highest BCUT2D eigenvalue weighted by atomic mass is 15.2. The molecule has 2 unspecified atom stereocenters. The number of hydrogen-bond acceptors (Lipinski definition) is 3. The number of benzene rings is 11. The first-order chi connectivity index (χ1) is 31.7. The fourth-order valence-electron chi connectivity index (χ4n) is 11.9. The quantitative estimate of drug-likeness (QED) is 0.165. The summed E-state index contributed by atoms with van der Waals surface area (Å²) in [6.45, 7) is 0. The lowest BCUT2D eigenvalue weighted by molar-refractivity contribution is 0.704. The molecule has 3 heteroatoms. The van der Waals surface area contributed by atoms with E-state index in [4.69, 9.17) is 4.98 Å². The van der Waals surface area contributed by atoms with Gasteiger partial charge in [0.25, 0.3) is 0 Å². The highest BCUT2D eigenvalue weighted by molar-refractivity contribution is 6.25. The van der Waals surface area contributed by atoms with Crippen molar-refractivity contribution in [3.8, 4) is 22.5 Å². The smallest absolute Gasteiger partial charge is 0.0730 e. The summed E-state index contributed by atoms with van der Waals surface area (Å²) in [6.07, 6.45) is 4.78. The summed E-state index contributed by atoms with van der Waals surface area (Å²) in [5, 5.41) is 15.3. The minimum atomic E-state index is 0.0897. The normalized spacial score (nSPS) is 16.6. The average molecular weight is 812 g/mol. The molecule has 0 fully saturated rings. The summed E-state index contributed by atoms with van der Waals surface area (Å²) in [5.74, 6) is 0.0966. The van der Waals surface area contributed by atoms with Gasteiger partial charge in [0.2, 0.25) is 0 Å². The van der Waals surface area contributed by atoms with Crippen molar-refractivity contribution in [2.24, 2.45) is 0 Å². The Balaban J connectivity index is 0.968. The van der Waals surface area contributed by atoms with Crippen molar-refractivity contribution in [1.82, 2.24) is 4.98 Å². The molecule has 0 bridgehead atoms. The summed E-state index contributed by atoms with van der Waals surface area (Å²) >= 11 is 0. The molecule has 1 aliphatic carbocycles. The SMILES string of the molecule is C1=C2c3ccccc3N(c3ccccc3)C2C2C(=C1)N(c1cc(-c3cc4ccc5cccc6ccc(c3)c4c56)nc(-c3cc4ccc5cccc6ccc(c3)c4c56)c1)c1ccccc12. The van der Waals surface area contributed by atoms with E-state index in [0.717, 1.165) is 28.2 Å². The average Bonchev–Trinajstić information content (AvgIpc) is 3.88. The van der Waals surface area contributed by atoms with Crippen molar-refractivity contribution in [3.05, 3.63) is 229 Å². The molecule has 15 rings (SSSR count).